The van der Waals surface area contributed by atoms with Crippen LogP contribution in [0.25, 0.3) is 0 Å². The fourth-order valence-electron chi connectivity index (χ4n) is 2.37. The molecule has 2 rings (SSSR count). The van der Waals surface area contributed by atoms with Crippen molar-refractivity contribution in [3.05, 3.63) is 29.8 Å². The summed E-state index contributed by atoms with van der Waals surface area (Å²) < 4.78 is 25.5. The Labute approximate surface area is 145 Å². The normalized spacial score (nSPS) is 15.6. The highest BCUT2D eigenvalue weighted by Crippen LogP contribution is 2.29. The Morgan fingerprint density at radius 3 is 2.30 bits per heavy atom. The number of halogens is 2. The van der Waals surface area contributed by atoms with Gasteiger partial charge in [0.2, 0.25) is 5.91 Å². The van der Waals surface area contributed by atoms with Crippen molar-refractivity contribution < 1.29 is 18.0 Å². The molecule has 0 bridgehead atoms. The zero-order valence-electron chi connectivity index (χ0n) is 12.2. The van der Waals surface area contributed by atoms with E-state index in [1.54, 1.807) is 12.1 Å². The second-order valence-corrected chi connectivity index (χ2v) is 7.47. The maximum atomic E-state index is 12.4. The third-order valence-corrected chi connectivity index (χ3v) is 5.68. The van der Waals surface area contributed by atoms with E-state index >= 15 is 0 Å². The number of nitrogens with zero attached hydrogens (tertiary/aromatic N) is 2. The lowest BCUT2D eigenvalue weighted by Crippen LogP contribution is -2.38. The number of benzene rings is 1. The van der Waals surface area contributed by atoms with Crippen LogP contribution in [0, 0.1) is 0 Å². The molecule has 0 saturated heterocycles. The van der Waals surface area contributed by atoms with Crippen molar-refractivity contribution in [1.29, 1.82) is 0 Å². The Balaban J connectivity index is 2.10. The molecular weight excluding hydrogens is 363 g/mol. The minimum atomic E-state index is -3.88. The van der Waals surface area contributed by atoms with Crippen LogP contribution in [0.2, 0.25) is 0 Å². The molecule has 1 heterocycles. The van der Waals surface area contributed by atoms with Crippen molar-refractivity contribution in [3.63, 3.8) is 0 Å². The number of rotatable bonds is 7. The number of amides is 2. The molecule has 1 aromatic carbocycles. The van der Waals surface area contributed by atoms with Crippen LogP contribution in [0.15, 0.2) is 29.2 Å². The second kappa shape index (κ2) is 7.51. The topological polar surface area (TPSA) is 74.8 Å². The first-order chi connectivity index (χ1) is 10.9. The Hall–Kier alpha value is -1.31. The Morgan fingerprint density at radius 2 is 1.74 bits per heavy atom. The number of hydrogen-bond acceptors (Lipinski definition) is 4. The van der Waals surface area contributed by atoms with Crippen molar-refractivity contribution in [3.8, 4) is 0 Å². The summed E-state index contributed by atoms with van der Waals surface area (Å²) in [6.45, 7) is 0.456. The Kier molecular flexibility index (Phi) is 5.89. The molecule has 0 aromatic heterocycles. The van der Waals surface area contributed by atoms with E-state index in [1.807, 2.05) is 0 Å². The SMILES string of the molecule is O=C(CCN1C(=O)c2ccccc2S1(=O)=O)N(CCCl)CCCl. The van der Waals surface area contributed by atoms with Gasteiger partial charge in [0.15, 0.2) is 0 Å². The smallest absolute Gasteiger partial charge is 0.269 e. The third-order valence-electron chi connectivity index (χ3n) is 3.50. The molecule has 0 radical (unpaired) electrons. The minimum absolute atomic E-state index is 0.0178. The first-order valence-corrected chi connectivity index (χ1v) is 9.50. The Morgan fingerprint density at radius 1 is 1.13 bits per heavy atom. The molecule has 0 N–H and O–H groups in total. The first kappa shape index (κ1) is 18.0. The number of hydrogen-bond donors (Lipinski definition) is 0. The van der Waals surface area contributed by atoms with E-state index in [1.165, 1.54) is 17.0 Å². The number of carbonyl (C=O) groups excluding carboxylic acids is 2. The van der Waals surface area contributed by atoms with Gasteiger partial charge >= 0.3 is 0 Å². The molecule has 1 aliphatic heterocycles. The zero-order chi connectivity index (χ0) is 17.0. The quantitative estimate of drug-likeness (QED) is 0.674. The van der Waals surface area contributed by atoms with Gasteiger partial charge < -0.3 is 4.90 Å². The number of fused-ring (bicyclic) bond motifs is 1. The van der Waals surface area contributed by atoms with Crippen LogP contribution in [-0.4, -0.2) is 60.8 Å². The van der Waals surface area contributed by atoms with Gasteiger partial charge in [0.1, 0.15) is 4.90 Å². The van der Waals surface area contributed by atoms with Gasteiger partial charge in [-0.15, -0.1) is 23.2 Å². The average molecular weight is 379 g/mol. The molecule has 0 unspecified atom stereocenters. The summed E-state index contributed by atoms with van der Waals surface area (Å²) in [4.78, 5) is 25.8. The van der Waals surface area contributed by atoms with Crippen molar-refractivity contribution in [2.24, 2.45) is 0 Å². The van der Waals surface area contributed by atoms with Crippen LogP contribution in [-0.2, 0) is 14.8 Å². The van der Waals surface area contributed by atoms with Crippen LogP contribution in [0.1, 0.15) is 16.8 Å². The lowest BCUT2D eigenvalue weighted by Gasteiger charge is -2.22. The van der Waals surface area contributed by atoms with E-state index in [2.05, 4.69) is 0 Å². The summed E-state index contributed by atoms with van der Waals surface area (Å²) in [5, 5.41) is 0. The Bertz CT molecular complexity index is 702. The highest BCUT2D eigenvalue weighted by atomic mass is 35.5. The monoisotopic (exact) mass is 378 g/mol. The van der Waals surface area contributed by atoms with Gasteiger partial charge in [-0.05, 0) is 12.1 Å². The van der Waals surface area contributed by atoms with Gasteiger partial charge in [0.25, 0.3) is 15.9 Å². The van der Waals surface area contributed by atoms with Gasteiger partial charge in [-0.1, -0.05) is 12.1 Å². The summed E-state index contributed by atoms with van der Waals surface area (Å²) in [6, 6.07) is 6.01. The predicted molar refractivity (Wildman–Crippen MR) is 87.3 cm³/mol. The second-order valence-electron chi connectivity index (χ2n) is 4.89. The highest BCUT2D eigenvalue weighted by molar-refractivity contribution is 7.90. The summed E-state index contributed by atoms with van der Waals surface area (Å²) in [5.41, 5.74) is 0.137. The summed E-state index contributed by atoms with van der Waals surface area (Å²) in [7, 11) is -3.88. The molecule has 1 aliphatic rings. The van der Waals surface area contributed by atoms with Crippen molar-refractivity contribution in [2.75, 3.05) is 31.4 Å². The summed E-state index contributed by atoms with van der Waals surface area (Å²) in [5.74, 6) is -0.371. The van der Waals surface area contributed by atoms with E-state index in [0.29, 0.717) is 13.1 Å². The van der Waals surface area contributed by atoms with Gasteiger partial charge in [-0.2, -0.15) is 0 Å². The van der Waals surface area contributed by atoms with Crippen LogP contribution >= 0.6 is 23.2 Å². The zero-order valence-corrected chi connectivity index (χ0v) is 14.6. The van der Waals surface area contributed by atoms with E-state index in [4.69, 9.17) is 23.2 Å². The van der Waals surface area contributed by atoms with E-state index in [0.717, 1.165) is 4.31 Å². The molecule has 126 valence electrons. The molecule has 0 spiro atoms. The van der Waals surface area contributed by atoms with Crippen LogP contribution < -0.4 is 0 Å². The highest BCUT2D eigenvalue weighted by Gasteiger charge is 2.40. The minimum Gasteiger partial charge on any atom is -0.340 e. The fourth-order valence-corrected chi connectivity index (χ4v) is 4.35. The average Bonchev–Trinajstić information content (AvgIpc) is 2.72. The molecule has 0 saturated carbocycles. The largest absolute Gasteiger partial charge is 0.340 e. The summed E-state index contributed by atoms with van der Waals surface area (Å²) in [6.07, 6.45) is -0.104. The molecule has 0 aliphatic carbocycles. The van der Waals surface area contributed by atoms with E-state index < -0.39 is 15.9 Å². The van der Waals surface area contributed by atoms with Crippen molar-refractivity contribution in [2.45, 2.75) is 11.3 Å². The summed E-state index contributed by atoms with van der Waals surface area (Å²) >= 11 is 11.3. The molecule has 1 aromatic rings. The van der Waals surface area contributed by atoms with Gasteiger partial charge in [-0.25, -0.2) is 12.7 Å². The third kappa shape index (κ3) is 3.62. The molecule has 0 fully saturated rings. The number of alkyl halides is 2. The van der Waals surface area contributed by atoms with Crippen LogP contribution in [0.3, 0.4) is 0 Å². The number of sulfonamides is 1. The number of carbonyl (C=O) groups is 2. The van der Waals surface area contributed by atoms with Gasteiger partial charge in [-0.3, -0.25) is 9.59 Å². The molecular formula is C14H16Cl2N2O4S. The standard InChI is InChI=1S/C14H16Cl2N2O4S/c15-6-9-17(10-7-16)13(19)5-8-18-14(20)11-3-1-2-4-12(11)23(18,21)22/h1-4H,5-10H2. The van der Waals surface area contributed by atoms with E-state index in [-0.39, 0.29) is 41.1 Å². The van der Waals surface area contributed by atoms with Crippen LogP contribution in [0.4, 0.5) is 0 Å². The van der Waals surface area contributed by atoms with Crippen molar-refractivity contribution in [1.82, 2.24) is 9.21 Å². The van der Waals surface area contributed by atoms with Crippen molar-refractivity contribution >= 4 is 45.0 Å². The molecule has 9 heteroatoms. The molecule has 0 atom stereocenters. The van der Waals surface area contributed by atoms with E-state index in [9.17, 15) is 18.0 Å². The fraction of sp³-hybridized carbons (Fsp3) is 0.429. The van der Waals surface area contributed by atoms with Gasteiger partial charge in [0.05, 0.1) is 5.56 Å². The lowest BCUT2D eigenvalue weighted by molar-refractivity contribution is -0.130. The maximum absolute atomic E-state index is 12.4. The first-order valence-electron chi connectivity index (χ1n) is 6.99. The van der Waals surface area contributed by atoms with Crippen LogP contribution in [0.5, 0.6) is 0 Å². The molecule has 6 nitrogen and oxygen atoms in total. The molecule has 23 heavy (non-hydrogen) atoms. The van der Waals surface area contributed by atoms with Gasteiger partial charge in [0, 0.05) is 37.8 Å². The maximum Gasteiger partial charge on any atom is 0.269 e. The molecule has 2 amide bonds. The lowest BCUT2D eigenvalue weighted by atomic mass is 10.2. The predicted octanol–water partition coefficient (Wildman–Crippen LogP) is 1.53.